The molecule has 0 aliphatic carbocycles. The third-order valence-corrected chi connectivity index (χ3v) is 1.78. The average Bonchev–Trinajstić information content (AvgIpc) is 2.17. The molecule has 70 valence electrons. The summed E-state index contributed by atoms with van der Waals surface area (Å²) < 4.78 is 0. The molecule has 0 spiro atoms. The first-order valence-corrected chi connectivity index (χ1v) is 3.82. The van der Waals surface area contributed by atoms with Gasteiger partial charge in [0.2, 0.25) is 0 Å². The molecule has 0 saturated heterocycles. The molecule has 13 heavy (non-hydrogen) atoms. The van der Waals surface area contributed by atoms with Crippen molar-refractivity contribution in [3.8, 4) is 0 Å². The molecule has 1 aromatic carbocycles. The average molecular weight is 201 g/mol. The summed E-state index contributed by atoms with van der Waals surface area (Å²) in [5, 5.41) is 24.4. The number of hydrogen-bond acceptors (Lipinski definition) is 3. The number of rotatable bonds is 2. The number of benzene rings is 1. The van der Waals surface area contributed by atoms with Crippen molar-refractivity contribution in [2.75, 3.05) is 12.1 Å². The minimum Gasteiger partial charge on any atom is -0.737 e. The zero-order valence-corrected chi connectivity index (χ0v) is 7.60. The lowest BCUT2D eigenvalue weighted by Crippen LogP contribution is -2.24. The van der Waals surface area contributed by atoms with Crippen molar-refractivity contribution >= 4 is 17.3 Å². The SMILES string of the molecule is CN(c1ccc(Cl)cc1)/[N+]([O-])=N/[O-]. The standard InChI is InChI=1S/C7H8ClN3O2/c1-10(11(13)9-12)7-4-2-6(8)3-5-7/h2-5,12H,1H3/p-1/b11-9-. The number of nitrogens with zero attached hydrogens (tertiary/aromatic N) is 3. The van der Waals surface area contributed by atoms with Crippen LogP contribution in [0.4, 0.5) is 5.69 Å². The van der Waals surface area contributed by atoms with Crippen LogP contribution in [0.3, 0.4) is 0 Å². The highest BCUT2D eigenvalue weighted by Gasteiger charge is 2.06. The molecular formula is C7H7ClN3O2-. The number of halogens is 1. The molecule has 1 aromatic rings. The predicted octanol–water partition coefficient (Wildman–Crippen LogP) is 2.15. The van der Waals surface area contributed by atoms with E-state index in [0.717, 1.165) is 5.01 Å². The van der Waals surface area contributed by atoms with Crippen molar-refractivity contribution < 1.29 is 4.97 Å². The van der Waals surface area contributed by atoms with Crippen LogP contribution in [0.1, 0.15) is 0 Å². The topological polar surface area (TPSA) is 64.7 Å². The largest absolute Gasteiger partial charge is 0.737 e. The molecule has 0 radical (unpaired) electrons. The summed E-state index contributed by atoms with van der Waals surface area (Å²) in [4.78, 5) is -0.0523. The summed E-state index contributed by atoms with van der Waals surface area (Å²) in [5.41, 5.74) is 0.541. The van der Waals surface area contributed by atoms with Gasteiger partial charge in [-0.25, -0.2) is 0 Å². The predicted molar refractivity (Wildman–Crippen MR) is 49.3 cm³/mol. The molecule has 0 heterocycles. The first kappa shape index (κ1) is 9.60. The second-order valence-electron chi connectivity index (χ2n) is 2.33. The Morgan fingerprint density at radius 2 is 1.92 bits per heavy atom. The molecule has 0 unspecified atom stereocenters. The Hall–Kier alpha value is -1.49. The van der Waals surface area contributed by atoms with E-state index in [1.807, 2.05) is 0 Å². The maximum atomic E-state index is 10.7. The van der Waals surface area contributed by atoms with Crippen LogP contribution in [0.5, 0.6) is 0 Å². The molecule has 5 nitrogen and oxygen atoms in total. The van der Waals surface area contributed by atoms with Gasteiger partial charge in [-0.1, -0.05) is 11.6 Å². The third kappa shape index (κ3) is 2.22. The van der Waals surface area contributed by atoms with Gasteiger partial charge in [0.25, 0.3) is 0 Å². The molecule has 0 aromatic heterocycles. The zero-order chi connectivity index (χ0) is 9.84. The molecule has 0 saturated carbocycles. The monoisotopic (exact) mass is 200 g/mol. The van der Waals surface area contributed by atoms with E-state index in [4.69, 9.17) is 11.6 Å². The Morgan fingerprint density at radius 1 is 1.38 bits per heavy atom. The molecule has 1 rings (SSSR count). The fraction of sp³-hybridized carbons (Fsp3) is 0.143. The minimum absolute atomic E-state index is 0.0523. The van der Waals surface area contributed by atoms with Crippen molar-refractivity contribution in [1.82, 2.24) is 0 Å². The van der Waals surface area contributed by atoms with Gasteiger partial charge < -0.3 is 10.4 Å². The Bertz CT molecular complexity index is 312. The second-order valence-corrected chi connectivity index (χ2v) is 2.77. The Kier molecular flexibility index (Phi) is 2.92. The van der Waals surface area contributed by atoms with E-state index in [1.54, 1.807) is 24.3 Å². The van der Waals surface area contributed by atoms with Crippen molar-refractivity contribution in [1.29, 1.82) is 0 Å². The Labute approximate surface area is 80.0 Å². The summed E-state index contributed by atoms with van der Waals surface area (Å²) in [5.74, 6) is 0. The summed E-state index contributed by atoms with van der Waals surface area (Å²) in [6.45, 7) is 0. The highest BCUT2D eigenvalue weighted by molar-refractivity contribution is 6.30. The fourth-order valence-corrected chi connectivity index (χ4v) is 0.936. The van der Waals surface area contributed by atoms with Crippen LogP contribution in [-0.4, -0.2) is 12.0 Å². The number of hydrogen-bond donors (Lipinski definition) is 0. The van der Waals surface area contributed by atoms with Crippen LogP contribution >= 0.6 is 11.6 Å². The van der Waals surface area contributed by atoms with Gasteiger partial charge >= 0.3 is 0 Å². The van der Waals surface area contributed by atoms with Crippen LogP contribution in [-0.2, 0) is 0 Å². The van der Waals surface area contributed by atoms with Crippen LogP contribution in [0.25, 0.3) is 0 Å². The van der Waals surface area contributed by atoms with Crippen LogP contribution < -0.4 is 5.01 Å². The smallest absolute Gasteiger partial charge is 0.103 e. The third-order valence-electron chi connectivity index (χ3n) is 1.53. The molecule has 0 aliphatic heterocycles. The van der Waals surface area contributed by atoms with E-state index >= 15 is 0 Å². The van der Waals surface area contributed by atoms with Gasteiger partial charge in [-0.15, -0.1) is 5.01 Å². The number of hydrazine groups is 1. The van der Waals surface area contributed by atoms with Crippen molar-refractivity contribution in [2.45, 2.75) is 0 Å². The summed E-state index contributed by atoms with van der Waals surface area (Å²) in [6, 6.07) is 6.45. The Morgan fingerprint density at radius 3 is 2.38 bits per heavy atom. The van der Waals surface area contributed by atoms with E-state index in [-0.39, 0.29) is 4.97 Å². The minimum atomic E-state index is -0.0523. The molecule has 6 heteroatoms. The summed E-state index contributed by atoms with van der Waals surface area (Å²) >= 11 is 5.63. The van der Waals surface area contributed by atoms with Gasteiger partial charge in [0.15, 0.2) is 0 Å². The lowest BCUT2D eigenvalue weighted by atomic mass is 10.3. The molecule has 0 atom stereocenters. The van der Waals surface area contributed by atoms with Crippen molar-refractivity contribution in [3.63, 3.8) is 0 Å². The lowest BCUT2D eigenvalue weighted by Gasteiger charge is -2.13. The highest BCUT2D eigenvalue weighted by atomic mass is 35.5. The normalized spacial score (nSPS) is 11.4. The van der Waals surface area contributed by atoms with Crippen LogP contribution in [0.15, 0.2) is 29.5 Å². The maximum absolute atomic E-state index is 10.7. The van der Waals surface area contributed by atoms with Crippen molar-refractivity contribution in [2.24, 2.45) is 5.28 Å². The van der Waals surface area contributed by atoms with Gasteiger partial charge in [0.05, 0.1) is 7.05 Å². The molecule has 0 bridgehead atoms. The molecule has 0 fully saturated rings. The van der Waals surface area contributed by atoms with E-state index in [0.29, 0.717) is 10.7 Å². The van der Waals surface area contributed by atoms with Gasteiger partial charge in [-0.3, -0.25) is 0 Å². The maximum Gasteiger partial charge on any atom is 0.103 e. The van der Waals surface area contributed by atoms with Crippen LogP contribution in [0, 0.1) is 10.4 Å². The molecule has 0 aliphatic rings. The van der Waals surface area contributed by atoms with E-state index in [1.165, 1.54) is 7.05 Å². The zero-order valence-electron chi connectivity index (χ0n) is 6.85. The van der Waals surface area contributed by atoms with Crippen LogP contribution in [0.2, 0.25) is 5.02 Å². The first-order chi connectivity index (χ1) is 6.15. The second kappa shape index (κ2) is 3.95. The molecular weight excluding hydrogens is 194 g/mol. The Balaban J connectivity index is 2.89. The fourth-order valence-electron chi connectivity index (χ4n) is 0.810. The van der Waals surface area contributed by atoms with E-state index in [9.17, 15) is 10.4 Å². The lowest BCUT2D eigenvalue weighted by molar-refractivity contribution is -0.535. The van der Waals surface area contributed by atoms with E-state index in [2.05, 4.69) is 5.28 Å². The van der Waals surface area contributed by atoms with Gasteiger partial charge in [-0.05, 0) is 29.5 Å². The number of anilines is 1. The highest BCUT2D eigenvalue weighted by Crippen LogP contribution is 2.16. The first-order valence-electron chi connectivity index (χ1n) is 3.45. The van der Waals surface area contributed by atoms with Gasteiger partial charge in [0, 0.05) is 9.99 Å². The van der Waals surface area contributed by atoms with E-state index < -0.39 is 0 Å². The molecule has 0 N–H and O–H groups in total. The van der Waals surface area contributed by atoms with Crippen molar-refractivity contribution in [3.05, 3.63) is 39.7 Å². The van der Waals surface area contributed by atoms with Gasteiger partial charge in [0.1, 0.15) is 5.69 Å². The quantitative estimate of drug-likeness (QED) is 0.417. The summed E-state index contributed by atoms with van der Waals surface area (Å²) in [7, 11) is 1.43. The molecule has 0 amide bonds. The summed E-state index contributed by atoms with van der Waals surface area (Å²) in [6.07, 6.45) is 0. The van der Waals surface area contributed by atoms with Gasteiger partial charge in [-0.2, -0.15) is 0 Å².